The molecule has 4 aromatic rings. The fraction of sp³-hybridized carbons (Fsp3) is 0.179. The van der Waals surface area contributed by atoms with Crippen LogP contribution in [0.25, 0.3) is 21.9 Å². The Morgan fingerprint density at radius 3 is 2.47 bits per heavy atom. The summed E-state index contributed by atoms with van der Waals surface area (Å²) in [4.78, 5) is 11.6. The molecular weight excluding hydrogens is 491 g/mol. The van der Waals surface area contributed by atoms with E-state index in [1.54, 1.807) is 6.07 Å². The van der Waals surface area contributed by atoms with E-state index in [0.717, 1.165) is 22.4 Å². The van der Waals surface area contributed by atoms with Crippen molar-refractivity contribution in [2.24, 2.45) is 0 Å². The minimum Gasteiger partial charge on any atom is -0.492 e. The molecular formula is C28H23ClF3NO3. The maximum Gasteiger partial charge on any atom is 0.417 e. The molecule has 0 aliphatic carbocycles. The number of benzene rings is 4. The molecule has 36 heavy (non-hydrogen) atoms. The summed E-state index contributed by atoms with van der Waals surface area (Å²) in [5, 5.41) is 14.8. The van der Waals surface area contributed by atoms with E-state index in [4.69, 9.17) is 16.3 Å². The summed E-state index contributed by atoms with van der Waals surface area (Å²) in [7, 11) is 0. The van der Waals surface area contributed by atoms with Gasteiger partial charge in [0, 0.05) is 12.6 Å². The molecule has 0 saturated carbocycles. The minimum atomic E-state index is -4.58. The summed E-state index contributed by atoms with van der Waals surface area (Å²) in [6, 6.07) is 22.0. The van der Waals surface area contributed by atoms with Crippen LogP contribution >= 0.6 is 11.6 Å². The van der Waals surface area contributed by atoms with Gasteiger partial charge in [-0.15, -0.1) is 0 Å². The van der Waals surface area contributed by atoms with Gasteiger partial charge in [-0.2, -0.15) is 13.2 Å². The molecule has 4 nitrogen and oxygen atoms in total. The number of alkyl halides is 3. The molecule has 0 bridgehead atoms. The molecule has 0 heterocycles. The number of carboxylic acid groups (broad SMARTS) is 1. The first-order valence-electron chi connectivity index (χ1n) is 11.2. The second-order valence-electron chi connectivity index (χ2n) is 8.34. The van der Waals surface area contributed by atoms with E-state index in [0.29, 0.717) is 23.4 Å². The molecule has 1 unspecified atom stereocenters. The van der Waals surface area contributed by atoms with Crippen LogP contribution < -0.4 is 10.1 Å². The van der Waals surface area contributed by atoms with Crippen LogP contribution in [0.3, 0.4) is 0 Å². The molecule has 0 aromatic heterocycles. The van der Waals surface area contributed by atoms with E-state index in [1.807, 2.05) is 18.2 Å². The number of hydrogen-bond donors (Lipinski definition) is 2. The van der Waals surface area contributed by atoms with Gasteiger partial charge in [-0.25, -0.2) is 4.79 Å². The lowest BCUT2D eigenvalue weighted by atomic mass is 10.00. The quantitative estimate of drug-likeness (QED) is 0.238. The predicted molar refractivity (Wildman–Crippen MR) is 135 cm³/mol. The van der Waals surface area contributed by atoms with Crippen LogP contribution in [0.15, 0.2) is 78.9 Å². The third kappa shape index (κ3) is 5.80. The first-order valence-corrected chi connectivity index (χ1v) is 11.6. The highest BCUT2D eigenvalue weighted by molar-refractivity contribution is 6.31. The topological polar surface area (TPSA) is 58.6 Å². The molecule has 0 radical (unpaired) electrons. The van der Waals surface area contributed by atoms with Crippen molar-refractivity contribution in [3.05, 3.63) is 101 Å². The normalized spacial score (nSPS) is 12.5. The summed E-state index contributed by atoms with van der Waals surface area (Å²) >= 11 is 5.85. The van der Waals surface area contributed by atoms with E-state index in [-0.39, 0.29) is 18.2 Å². The minimum absolute atomic E-state index is 0.0457. The lowest BCUT2D eigenvalue weighted by Crippen LogP contribution is -2.24. The van der Waals surface area contributed by atoms with E-state index < -0.39 is 22.7 Å². The van der Waals surface area contributed by atoms with Crippen molar-refractivity contribution in [1.82, 2.24) is 5.32 Å². The van der Waals surface area contributed by atoms with Gasteiger partial charge in [0.2, 0.25) is 0 Å². The van der Waals surface area contributed by atoms with Crippen LogP contribution in [0.5, 0.6) is 5.75 Å². The summed E-state index contributed by atoms with van der Waals surface area (Å²) < 4.78 is 44.9. The van der Waals surface area contributed by atoms with E-state index in [1.165, 1.54) is 24.3 Å². The largest absolute Gasteiger partial charge is 0.492 e. The zero-order valence-corrected chi connectivity index (χ0v) is 20.0. The van der Waals surface area contributed by atoms with Gasteiger partial charge >= 0.3 is 12.1 Å². The van der Waals surface area contributed by atoms with Crippen molar-refractivity contribution in [3.63, 3.8) is 0 Å². The van der Waals surface area contributed by atoms with Crippen LogP contribution in [0, 0.1) is 0 Å². The van der Waals surface area contributed by atoms with Crippen molar-refractivity contribution >= 4 is 28.3 Å². The van der Waals surface area contributed by atoms with Crippen molar-refractivity contribution in [3.8, 4) is 16.9 Å². The molecule has 0 amide bonds. The number of rotatable bonds is 8. The van der Waals surface area contributed by atoms with E-state index >= 15 is 0 Å². The average molecular weight is 514 g/mol. The average Bonchev–Trinajstić information content (AvgIpc) is 2.85. The molecule has 0 spiro atoms. The molecule has 0 aliphatic rings. The summed E-state index contributed by atoms with van der Waals surface area (Å²) in [6.45, 7) is 2.80. The van der Waals surface area contributed by atoms with E-state index in [2.05, 4.69) is 36.5 Å². The van der Waals surface area contributed by atoms with Gasteiger partial charge in [-0.1, -0.05) is 60.1 Å². The Morgan fingerprint density at radius 2 is 1.75 bits per heavy atom. The number of carbonyl (C=O) groups is 1. The molecule has 186 valence electrons. The van der Waals surface area contributed by atoms with Crippen LogP contribution in [0.1, 0.15) is 34.5 Å². The highest BCUT2D eigenvalue weighted by Crippen LogP contribution is 2.37. The van der Waals surface area contributed by atoms with Gasteiger partial charge in [0.1, 0.15) is 12.4 Å². The lowest BCUT2D eigenvalue weighted by molar-refractivity contribution is -0.137. The first-order chi connectivity index (χ1) is 17.1. The SMILES string of the molecule is CC(NCCOc1cc(C(=O)O)cc(-c2ccc(C(F)(F)F)c(Cl)c2)c1)c1cccc2ccccc12. The Morgan fingerprint density at radius 1 is 1.00 bits per heavy atom. The van der Waals surface area contributed by atoms with Crippen LogP contribution in [0.2, 0.25) is 5.02 Å². The van der Waals surface area contributed by atoms with Gasteiger partial charge in [0.05, 0.1) is 16.1 Å². The molecule has 4 rings (SSSR count). The number of hydrogen-bond acceptors (Lipinski definition) is 3. The van der Waals surface area contributed by atoms with Gasteiger partial charge in [0.25, 0.3) is 0 Å². The maximum atomic E-state index is 13.0. The number of carboxylic acids is 1. The molecule has 1 atom stereocenters. The Hall–Kier alpha value is -3.55. The molecule has 0 aliphatic heterocycles. The van der Waals surface area contributed by atoms with Crippen molar-refractivity contribution in [2.45, 2.75) is 19.1 Å². The van der Waals surface area contributed by atoms with E-state index in [9.17, 15) is 23.1 Å². The molecule has 0 saturated heterocycles. The number of aromatic carboxylic acids is 1. The van der Waals surface area contributed by atoms with Gasteiger partial charge in [0.15, 0.2) is 0 Å². The Bertz CT molecular complexity index is 1400. The highest BCUT2D eigenvalue weighted by Gasteiger charge is 2.33. The smallest absolute Gasteiger partial charge is 0.417 e. The van der Waals surface area contributed by atoms with Crippen molar-refractivity contribution in [2.75, 3.05) is 13.2 Å². The molecule has 0 fully saturated rings. The zero-order valence-electron chi connectivity index (χ0n) is 19.3. The first kappa shape index (κ1) is 25.5. The zero-order chi connectivity index (χ0) is 25.9. The number of ether oxygens (including phenoxy) is 1. The Balaban J connectivity index is 1.47. The Kier molecular flexibility index (Phi) is 7.52. The van der Waals surface area contributed by atoms with Crippen LogP contribution in [-0.2, 0) is 6.18 Å². The lowest BCUT2D eigenvalue weighted by Gasteiger charge is -2.17. The predicted octanol–water partition coefficient (Wildman–Crippen LogP) is 7.61. The third-order valence-corrected chi connectivity index (χ3v) is 6.19. The van der Waals surface area contributed by atoms with Crippen molar-refractivity contribution < 1.29 is 27.8 Å². The molecule has 4 aromatic carbocycles. The maximum absolute atomic E-state index is 13.0. The highest BCUT2D eigenvalue weighted by atomic mass is 35.5. The Labute approximate surface area is 211 Å². The van der Waals surface area contributed by atoms with Gasteiger partial charge in [-0.05, 0) is 64.7 Å². The second kappa shape index (κ2) is 10.6. The van der Waals surface area contributed by atoms with Gasteiger partial charge < -0.3 is 15.2 Å². The number of halogens is 4. The fourth-order valence-corrected chi connectivity index (χ4v) is 4.37. The van der Waals surface area contributed by atoms with Crippen molar-refractivity contribution in [1.29, 1.82) is 0 Å². The number of fused-ring (bicyclic) bond motifs is 1. The third-order valence-electron chi connectivity index (χ3n) is 5.87. The number of nitrogens with one attached hydrogen (secondary N) is 1. The molecule has 2 N–H and O–H groups in total. The molecule has 8 heteroatoms. The van der Waals surface area contributed by atoms with Gasteiger partial charge in [-0.3, -0.25) is 0 Å². The summed E-state index contributed by atoms with van der Waals surface area (Å²) in [5.74, 6) is -0.886. The monoisotopic (exact) mass is 513 g/mol. The summed E-state index contributed by atoms with van der Waals surface area (Å²) in [6.07, 6.45) is -4.58. The van der Waals surface area contributed by atoms with Crippen LogP contribution in [-0.4, -0.2) is 24.2 Å². The van der Waals surface area contributed by atoms with Crippen LogP contribution in [0.4, 0.5) is 13.2 Å². The fourth-order valence-electron chi connectivity index (χ4n) is 4.08. The summed E-state index contributed by atoms with van der Waals surface area (Å²) in [5.41, 5.74) is 0.893. The second-order valence-corrected chi connectivity index (χ2v) is 8.74. The standard InChI is InChI=1S/C28H23ClF3NO3/c1-17(23-8-4-6-18-5-2-3-7-24(18)23)33-11-12-36-22-14-20(13-21(15-22)27(34)35)19-9-10-25(26(29)16-19)28(30,31)32/h2-10,13-17,33H,11-12H2,1H3,(H,34,35).